The molecule has 1 saturated carbocycles. The van der Waals surface area contributed by atoms with Crippen molar-refractivity contribution in [1.82, 2.24) is 14.8 Å². The fraction of sp³-hybridized carbons (Fsp3) is 0.778. The molecule has 4 nitrogen and oxygen atoms in total. The zero-order chi connectivity index (χ0) is 9.10. The fourth-order valence-electron chi connectivity index (χ4n) is 2.08. The molecule has 13 heavy (non-hydrogen) atoms. The monoisotopic (exact) mass is 180 g/mol. The number of hydrogen-bond acceptors (Lipinski definition) is 3. The van der Waals surface area contributed by atoms with E-state index >= 15 is 0 Å². The average Bonchev–Trinajstić information content (AvgIpc) is 2.71. The second-order valence-electron chi connectivity index (χ2n) is 3.65. The molecule has 72 valence electrons. The summed E-state index contributed by atoms with van der Waals surface area (Å²) in [6, 6.07) is 0. The molecule has 1 aromatic rings. The number of rotatable bonds is 3. The number of nitrogens with zero attached hydrogens (tertiary/aromatic N) is 3. The Bertz CT molecular complexity index is 262. The third-order valence-electron chi connectivity index (χ3n) is 2.74. The van der Waals surface area contributed by atoms with Gasteiger partial charge in [0.15, 0.2) is 0 Å². The van der Waals surface area contributed by atoms with Crippen LogP contribution in [0.15, 0.2) is 6.33 Å². The maximum atomic E-state index is 5.51. The summed E-state index contributed by atoms with van der Waals surface area (Å²) in [7, 11) is 0. The summed E-state index contributed by atoms with van der Waals surface area (Å²) in [6.07, 6.45) is 6.99. The van der Waals surface area contributed by atoms with Crippen LogP contribution >= 0.6 is 0 Å². The minimum absolute atomic E-state index is 0.633. The zero-order valence-electron chi connectivity index (χ0n) is 7.82. The first kappa shape index (κ1) is 8.69. The molecule has 0 aliphatic heterocycles. The van der Waals surface area contributed by atoms with E-state index in [-0.39, 0.29) is 0 Å². The van der Waals surface area contributed by atoms with Gasteiger partial charge in [0.25, 0.3) is 0 Å². The van der Waals surface area contributed by atoms with E-state index in [1.54, 1.807) is 6.33 Å². The minimum atomic E-state index is 0.633. The summed E-state index contributed by atoms with van der Waals surface area (Å²) in [6.45, 7) is 1.51. The van der Waals surface area contributed by atoms with Crippen LogP contribution in [0.4, 0.5) is 0 Å². The highest BCUT2D eigenvalue weighted by Crippen LogP contribution is 2.32. The lowest BCUT2D eigenvalue weighted by atomic mass is 10.1. The molecule has 1 aromatic heterocycles. The molecule has 2 N–H and O–H groups in total. The second-order valence-corrected chi connectivity index (χ2v) is 3.65. The van der Waals surface area contributed by atoms with Gasteiger partial charge in [-0.25, -0.2) is 0 Å². The number of hydrogen-bond donors (Lipinski definition) is 1. The summed E-state index contributed by atoms with van der Waals surface area (Å²) >= 11 is 0. The van der Waals surface area contributed by atoms with Crippen molar-refractivity contribution in [1.29, 1.82) is 0 Å². The Morgan fingerprint density at radius 1 is 1.46 bits per heavy atom. The highest BCUT2D eigenvalue weighted by Gasteiger charge is 2.21. The fourth-order valence-corrected chi connectivity index (χ4v) is 2.08. The Morgan fingerprint density at radius 3 is 2.92 bits per heavy atom. The van der Waals surface area contributed by atoms with Crippen molar-refractivity contribution >= 4 is 0 Å². The van der Waals surface area contributed by atoms with E-state index in [4.69, 9.17) is 5.73 Å². The molecule has 0 aromatic carbocycles. The second kappa shape index (κ2) is 3.87. The molecule has 1 aliphatic carbocycles. The van der Waals surface area contributed by atoms with Gasteiger partial charge < -0.3 is 10.3 Å². The van der Waals surface area contributed by atoms with Gasteiger partial charge in [-0.1, -0.05) is 12.8 Å². The van der Waals surface area contributed by atoms with Crippen LogP contribution in [0, 0.1) is 0 Å². The van der Waals surface area contributed by atoms with Crippen molar-refractivity contribution in [3.05, 3.63) is 12.2 Å². The van der Waals surface area contributed by atoms with Gasteiger partial charge in [0.05, 0.1) is 0 Å². The third kappa shape index (κ3) is 1.72. The topological polar surface area (TPSA) is 56.7 Å². The van der Waals surface area contributed by atoms with Gasteiger partial charge in [0.1, 0.15) is 12.2 Å². The van der Waals surface area contributed by atoms with Gasteiger partial charge >= 0.3 is 0 Å². The number of aromatic nitrogens is 3. The van der Waals surface area contributed by atoms with Gasteiger partial charge in [-0.2, -0.15) is 0 Å². The minimum Gasteiger partial charge on any atom is -0.329 e. The Morgan fingerprint density at radius 2 is 2.23 bits per heavy atom. The lowest BCUT2D eigenvalue weighted by Crippen LogP contribution is -2.13. The van der Waals surface area contributed by atoms with E-state index in [0.717, 1.165) is 12.4 Å². The molecule has 0 atom stereocenters. The first-order valence-corrected chi connectivity index (χ1v) is 4.99. The van der Waals surface area contributed by atoms with Crippen molar-refractivity contribution in [3.63, 3.8) is 0 Å². The Labute approximate surface area is 78.1 Å². The maximum absolute atomic E-state index is 5.51. The van der Waals surface area contributed by atoms with Crippen LogP contribution in [0.5, 0.6) is 0 Å². The van der Waals surface area contributed by atoms with Gasteiger partial charge in [0.2, 0.25) is 0 Å². The lowest BCUT2D eigenvalue weighted by Gasteiger charge is -2.09. The van der Waals surface area contributed by atoms with Crippen molar-refractivity contribution in [2.24, 2.45) is 5.73 Å². The lowest BCUT2D eigenvalue weighted by molar-refractivity contribution is 0.585. The Hall–Kier alpha value is -0.900. The van der Waals surface area contributed by atoms with Crippen LogP contribution in [0.3, 0.4) is 0 Å². The van der Waals surface area contributed by atoms with Crippen molar-refractivity contribution < 1.29 is 0 Å². The predicted molar refractivity (Wildman–Crippen MR) is 50.3 cm³/mol. The van der Waals surface area contributed by atoms with Crippen molar-refractivity contribution in [2.45, 2.75) is 38.1 Å². The maximum Gasteiger partial charge on any atom is 0.135 e. The first-order valence-electron chi connectivity index (χ1n) is 4.99. The summed E-state index contributed by atoms with van der Waals surface area (Å²) in [5.74, 6) is 1.78. The summed E-state index contributed by atoms with van der Waals surface area (Å²) < 4.78 is 2.09. The largest absolute Gasteiger partial charge is 0.329 e. The average molecular weight is 180 g/mol. The molecule has 1 heterocycles. The van der Waals surface area contributed by atoms with Crippen LogP contribution in [-0.4, -0.2) is 21.3 Å². The summed E-state index contributed by atoms with van der Waals surface area (Å²) in [5.41, 5.74) is 5.51. The van der Waals surface area contributed by atoms with Gasteiger partial charge in [-0.3, -0.25) is 0 Å². The molecule has 0 amide bonds. The molecular formula is C9H16N4. The molecule has 1 fully saturated rings. The Balaban J connectivity index is 2.13. The highest BCUT2D eigenvalue weighted by molar-refractivity contribution is 4.98. The smallest absolute Gasteiger partial charge is 0.135 e. The summed E-state index contributed by atoms with van der Waals surface area (Å²) in [4.78, 5) is 0. The molecule has 0 unspecified atom stereocenters. The zero-order valence-corrected chi connectivity index (χ0v) is 7.82. The molecule has 4 heteroatoms. The van der Waals surface area contributed by atoms with E-state index in [1.807, 2.05) is 0 Å². The van der Waals surface area contributed by atoms with Crippen molar-refractivity contribution in [3.8, 4) is 0 Å². The number of nitrogens with two attached hydrogens (primary N) is 1. The molecule has 0 radical (unpaired) electrons. The van der Waals surface area contributed by atoms with Crippen LogP contribution in [0.1, 0.15) is 37.4 Å². The molecule has 2 rings (SSSR count). The van der Waals surface area contributed by atoms with E-state index in [9.17, 15) is 0 Å². The van der Waals surface area contributed by atoms with E-state index in [1.165, 1.54) is 25.7 Å². The molecule has 0 saturated heterocycles. The highest BCUT2D eigenvalue weighted by atomic mass is 15.3. The van der Waals surface area contributed by atoms with Gasteiger partial charge in [-0.05, 0) is 12.8 Å². The van der Waals surface area contributed by atoms with Crippen LogP contribution in [0.2, 0.25) is 0 Å². The van der Waals surface area contributed by atoms with Crippen LogP contribution in [-0.2, 0) is 6.54 Å². The standard InChI is InChI=1S/C9H16N4/c10-5-6-13-7-11-12-9(13)8-3-1-2-4-8/h7-8H,1-6,10H2. The molecule has 0 spiro atoms. The third-order valence-corrected chi connectivity index (χ3v) is 2.74. The van der Waals surface area contributed by atoms with E-state index < -0.39 is 0 Å². The molecule has 1 aliphatic rings. The summed E-state index contributed by atoms with van der Waals surface area (Å²) in [5, 5.41) is 8.12. The van der Waals surface area contributed by atoms with E-state index in [2.05, 4.69) is 14.8 Å². The first-order chi connectivity index (χ1) is 6.42. The normalized spacial score (nSPS) is 18.2. The van der Waals surface area contributed by atoms with Crippen LogP contribution < -0.4 is 5.73 Å². The molecular weight excluding hydrogens is 164 g/mol. The quantitative estimate of drug-likeness (QED) is 0.751. The van der Waals surface area contributed by atoms with Crippen LogP contribution in [0.25, 0.3) is 0 Å². The van der Waals surface area contributed by atoms with Crippen molar-refractivity contribution in [2.75, 3.05) is 6.54 Å². The SMILES string of the molecule is NCCn1cnnc1C1CCCC1. The molecule has 0 bridgehead atoms. The Kier molecular flexibility index (Phi) is 2.59. The predicted octanol–water partition coefficient (Wildman–Crippen LogP) is 0.894. The van der Waals surface area contributed by atoms with Gasteiger partial charge in [0, 0.05) is 19.0 Å². The van der Waals surface area contributed by atoms with Gasteiger partial charge in [-0.15, -0.1) is 10.2 Å². The van der Waals surface area contributed by atoms with E-state index in [0.29, 0.717) is 12.5 Å².